The van der Waals surface area contributed by atoms with E-state index >= 15 is 0 Å². The number of aliphatic hydroxyl groups excluding tert-OH is 2. The van der Waals surface area contributed by atoms with E-state index in [-0.39, 0.29) is 5.24 Å². The minimum Gasteiger partial charge on any atom is -0.447 e. The first-order chi connectivity index (χ1) is 11.4. The van der Waals surface area contributed by atoms with Gasteiger partial charge in [0.1, 0.15) is 18.0 Å². The third-order valence-electron chi connectivity index (χ3n) is 3.52. The first-order valence-electron chi connectivity index (χ1n) is 7.69. The summed E-state index contributed by atoms with van der Waals surface area (Å²) in [4.78, 5) is 0. The summed E-state index contributed by atoms with van der Waals surface area (Å²) < 4.78 is 21.7. The molecule has 0 saturated carbocycles. The van der Waals surface area contributed by atoms with Crippen LogP contribution in [0.1, 0.15) is 20.3 Å². The molecule has 2 rings (SSSR count). The van der Waals surface area contributed by atoms with Crippen molar-refractivity contribution in [2.75, 3.05) is 6.61 Å². The van der Waals surface area contributed by atoms with Crippen LogP contribution in [0.25, 0.3) is 0 Å². The quantitative estimate of drug-likeness (QED) is 0.763. The van der Waals surface area contributed by atoms with E-state index in [0.717, 1.165) is 6.42 Å². The van der Waals surface area contributed by atoms with Crippen molar-refractivity contribution < 1.29 is 29.2 Å². The van der Waals surface area contributed by atoms with E-state index in [2.05, 4.69) is 0 Å². The summed E-state index contributed by atoms with van der Waals surface area (Å²) in [5, 5.41) is 20.9. The van der Waals surface area contributed by atoms with Crippen LogP contribution in [0.4, 0.5) is 0 Å². The van der Waals surface area contributed by atoms with E-state index in [1.807, 2.05) is 6.92 Å². The number of thiocarbonyl (C=S) groups is 1. The zero-order valence-corrected chi connectivity index (χ0v) is 15.0. The zero-order valence-electron chi connectivity index (χ0n) is 13.4. The van der Waals surface area contributed by atoms with Crippen molar-refractivity contribution in [1.29, 1.82) is 0 Å². The third kappa shape index (κ3) is 5.02. The average Bonchev–Trinajstić information content (AvgIpc) is 2.56. The molecule has 8 heteroatoms. The topological polar surface area (TPSA) is 77.4 Å². The smallest absolute Gasteiger partial charge is 0.358 e. The van der Waals surface area contributed by atoms with Gasteiger partial charge in [-0.05, 0) is 37.6 Å². The average molecular weight is 377 g/mol. The monoisotopic (exact) mass is 376 g/mol. The number of halogens is 1. The molecule has 1 heterocycles. The van der Waals surface area contributed by atoms with Crippen molar-refractivity contribution in [3.8, 4) is 5.75 Å². The van der Waals surface area contributed by atoms with Crippen molar-refractivity contribution in [2.45, 2.75) is 51.0 Å². The van der Waals surface area contributed by atoms with Crippen LogP contribution in [-0.2, 0) is 14.2 Å². The lowest BCUT2D eigenvalue weighted by atomic mass is 10.00. The lowest BCUT2D eigenvalue weighted by molar-refractivity contribution is -0.291. The molecule has 0 unspecified atom stereocenters. The molecule has 1 aliphatic heterocycles. The lowest BCUT2D eigenvalue weighted by Crippen LogP contribution is -2.59. The maximum atomic E-state index is 10.3. The SMILES string of the molecule is CCCO[C@H]1O[C@@H](C)[C@H](O)[C@@H](OC(=S)Oc2ccc(Cl)cc2)[C@H]1O. The van der Waals surface area contributed by atoms with Crippen molar-refractivity contribution in [2.24, 2.45) is 0 Å². The number of benzene rings is 1. The number of rotatable bonds is 5. The number of aliphatic hydroxyl groups is 2. The van der Waals surface area contributed by atoms with Crippen LogP contribution < -0.4 is 4.74 Å². The van der Waals surface area contributed by atoms with Crippen LogP contribution in [0.15, 0.2) is 24.3 Å². The summed E-state index contributed by atoms with van der Waals surface area (Å²) in [5.74, 6) is 0.437. The predicted octanol–water partition coefficient (Wildman–Crippen LogP) is 2.28. The Kier molecular flexibility index (Phi) is 7.21. The molecule has 0 bridgehead atoms. The minimum atomic E-state index is -1.20. The van der Waals surface area contributed by atoms with E-state index < -0.39 is 30.7 Å². The van der Waals surface area contributed by atoms with Gasteiger partial charge in [0.05, 0.1) is 6.10 Å². The second-order valence-electron chi connectivity index (χ2n) is 5.45. The van der Waals surface area contributed by atoms with Crippen molar-refractivity contribution >= 4 is 29.1 Å². The normalized spacial score (nSPS) is 30.0. The summed E-state index contributed by atoms with van der Waals surface area (Å²) in [5.41, 5.74) is 0. The Morgan fingerprint density at radius 2 is 1.92 bits per heavy atom. The molecule has 134 valence electrons. The molecule has 0 radical (unpaired) electrons. The molecule has 0 amide bonds. The highest BCUT2D eigenvalue weighted by Crippen LogP contribution is 2.25. The standard InChI is InChI=1S/C16H21ClO6S/c1-3-8-20-15-13(19)14(12(18)9(2)21-15)23-16(24)22-11-6-4-10(17)5-7-11/h4-7,9,12-15,18-19H,3,8H2,1-2H3/t9-,12-,13+,14+,15-/m0/s1. The molecule has 1 aromatic carbocycles. The van der Waals surface area contributed by atoms with Crippen LogP contribution in [0.2, 0.25) is 5.02 Å². The fourth-order valence-corrected chi connectivity index (χ4v) is 2.58. The summed E-state index contributed by atoms with van der Waals surface area (Å²) >= 11 is 10.8. The van der Waals surface area contributed by atoms with Crippen LogP contribution in [0.3, 0.4) is 0 Å². The lowest BCUT2D eigenvalue weighted by Gasteiger charge is -2.40. The molecule has 1 aromatic rings. The minimum absolute atomic E-state index is 0.219. The second-order valence-corrected chi connectivity index (χ2v) is 6.22. The number of ether oxygens (including phenoxy) is 4. The van der Waals surface area contributed by atoms with E-state index in [1.54, 1.807) is 31.2 Å². The zero-order chi connectivity index (χ0) is 17.7. The first kappa shape index (κ1) is 19.4. The molecule has 24 heavy (non-hydrogen) atoms. The molecule has 6 nitrogen and oxygen atoms in total. The molecule has 2 N–H and O–H groups in total. The second kappa shape index (κ2) is 8.94. The van der Waals surface area contributed by atoms with Crippen LogP contribution in [0, 0.1) is 0 Å². The van der Waals surface area contributed by atoms with Gasteiger partial charge in [0.2, 0.25) is 0 Å². The molecule has 1 fully saturated rings. The van der Waals surface area contributed by atoms with Crippen molar-refractivity contribution in [1.82, 2.24) is 0 Å². The molecule has 0 aliphatic carbocycles. The fraction of sp³-hybridized carbons (Fsp3) is 0.562. The third-order valence-corrected chi connectivity index (χ3v) is 3.95. The molecular formula is C16H21ClO6S. The van der Waals surface area contributed by atoms with Gasteiger partial charge in [-0.15, -0.1) is 0 Å². The Hall–Kier alpha value is -0.960. The Morgan fingerprint density at radius 1 is 1.25 bits per heavy atom. The molecule has 1 saturated heterocycles. The van der Waals surface area contributed by atoms with E-state index in [1.165, 1.54) is 0 Å². The van der Waals surface area contributed by atoms with Crippen LogP contribution >= 0.6 is 23.8 Å². The van der Waals surface area contributed by atoms with Gasteiger partial charge in [-0.2, -0.15) is 0 Å². The molecule has 1 aliphatic rings. The van der Waals surface area contributed by atoms with Gasteiger partial charge in [0, 0.05) is 23.8 Å². The van der Waals surface area contributed by atoms with Gasteiger partial charge in [-0.1, -0.05) is 18.5 Å². The summed E-state index contributed by atoms with van der Waals surface area (Å²) in [6, 6.07) is 6.55. The summed E-state index contributed by atoms with van der Waals surface area (Å²) in [6.45, 7) is 4.03. The Bertz CT molecular complexity index is 540. The molecular weight excluding hydrogens is 356 g/mol. The summed E-state index contributed by atoms with van der Waals surface area (Å²) in [6.07, 6.45) is -4.00. The maximum Gasteiger partial charge on any atom is 0.358 e. The Morgan fingerprint density at radius 3 is 2.54 bits per heavy atom. The molecule has 0 aromatic heterocycles. The molecule has 5 atom stereocenters. The van der Waals surface area contributed by atoms with Crippen LogP contribution in [-0.4, -0.2) is 52.8 Å². The van der Waals surface area contributed by atoms with E-state index in [4.69, 9.17) is 42.8 Å². The highest BCUT2D eigenvalue weighted by molar-refractivity contribution is 7.79. The van der Waals surface area contributed by atoms with Gasteiger partial charge < -0.3 is 29.2 Å². The Labute approximate surface area is 151 Å². The number of hydrogen-bond acceptors (Lipinski definition) is 7. The fourth-order valence-electron chi connectivity index (χ4n) is 2.24. The molecule has 0 spiro atoms. The largest absolute Gasteiger partial charge is 0.447 e. The van der Waals surface area contributed by atoms with Gasteiger partial charge in [0.15, 0.2) is 12.4 Å². The van der Waals surface area contributed by atoms with E-state index in [9.17, 15) is 10.2 Å². The summed E-state index contributed by atoms with van der Waals surface area (Å²) in [7, 11) is 0. The van der Waals surface area contributed by atoms with Crippen LogP contribution in [0.5, 0.6) is 5.75 Å². The Balaban J connectivity index is 1.99. The van der Waals surface area contributed by atoms with Gasteiger partial charge >= 0.3 is 5.24 Å². The maximum absolute atomic E-state index is 10.3. The van der Waals surface area contributed by atoms with Gasteiger partial charge in [0.25, 0.3) is 0 Å². The van der Waals surface area contributed by atoms with Gasteiger partial charge in [-0.25, -0.2) is 0 Å². The number of hydrogen-bond donors (Lipinski definition) is 2. The predicted molar refractivity (Wildman–Crippen MR) is 92.1 cm³/mol. The van der Waals surface area contributed by atoms with Crippen molar-refractivity contribution in [3.05, 3.63) is 29.3 Å². The van der Waals surface area contributed by atoms with Gasteiger partial charge in [-0.3, -0.25) is 0 Å². The highest BCUT2D eigenvalue weighted by atomic mass is 35.5. The van der Waals surface area contributed by atoms with E-state index in [0.29, 0.717) is 17.4 Å². The highest BCUT2D eigenvalue weighted by Gasteiger charge is 2.45. The van der Waals surface area contributed by atoms with Crippen molar-refractivity contribution in [3.63, 3.8) is 0 Å². The first-order valence-corrected chi connectivity index (χ1v) is 8.48.